The van der Waals surface area contributed by atoms with E-state index in [1.165, 1.54) is 57.8 Å². The zero-order chi connectivity index (χ0) is 27.5. The van der Waals surface area contributed by atoms with Crippen LogP contribution in [-0.2, 0) is 9.59 Å². The maximum absolute atomic E-state index is 10.3. The lowest BCUT2D eigenvalue weighted by Gasteiger charge is -1.97. The topological polar surface area (TPSA) is 54.4 Å². The first-order valence-corrected chi connectivity index (χ1v) is 15.1. The molecule has 3 nitrogen and oxygen atoms in total. The third-order valence-corrected chi connectivity index (χ3v) is 5.81. The first-order valence-electron chi connectivity index (χ1n) is 15.1. The third-order valence-electron chi connectivity index (χ3n) is 5.81. The summed E-state index contributed by atoms with van der Waals surface area (Å²) >= 11 is 0. The van der Waals surface area contributed by atoms with Gasteiger partial charge < -0.3 is 9.90 Å². The molecule has 0 heterocycles. The molecule has 0 aliphatic rings. The summed E-state index contributed by atoms with van der Waals surface area (Å²) in [4.78, 5) is 20.4. The van der Waals surface area contributed by atoms with Gasteiger partial charge in [-0.15, -0.1) is 0 Å². The van der Waals surface area contributed by atoms with Crippen LogP contribution in [0, 0.1) is 0 Å². The van der Waals surface area contributed by atoms with Crippen molar-refractivity contribution in [3.05, 3.63) is 60.8 Å². The van der Waals surface area contributed by atoms with E-state index < -0.39 is 5.97 Å². The zero-order valence-corrected chi connectivity index (χ0v) is 24.3. The van der Waals surface area contributed by atoms with Crippen LogP contribution in [0.5, 0.6) is 0 Å². The van der Waals surface area contributed by atoms with Gasteiger partial charge in [0.2, 0.25) is 0 Å². The molecule has 0 spiro atoms. The summed E-state index contributed by atoms with van der Waals surface area (Å²) in [6.45, 7) is 4.38. The average Bonchev–Trinajstić information content (AvgIpc) is 2.89. The maximum Gasteiger partial charge on any atom is 0.303 e. The molecule has 0 rings (SSSR count). The molecule has 0 atom stereocenters. The second-order valence-electron chi connectivity index (χ2n) is 9.47. The maximum atomic E-state index is 10.3. The van der Waals surface area contributed by atoms with Crippen molar-refractivity contribution in [2.75, 3.05) is 0 Å². The van der Waals surface area contributed by atoms with Crippen LogP contribution in [0.15, 0.2) is 60.8 Å². The van der Waals surface area contributed by atoms with Crippen molar-refractivity contribution in [2.24, 2.45) is 0 Å². The summed E-state index contributed by atoms with van der Waals surface area (Å²) in [5.41, 5.74) is 0. The molecule has 0 saturated carbocycles. The largest absolute Gasteiger partial charge is 0.481 e. The number of carboxylic acid groups (broad SMARTS) is 1. The number of aldehydes is 1. The first-order chi connectivity index (χ1) is 18.2. The quantitative estimate of drug-likeness (QED) is 0.0748. The molecule has 0 aliphatic carbocycles. The lowest BCUT2D eigenvalue weighted by molar-refractivity contribution is -0.137. The number of carboxylic acids is 1. The van der Waals surface area contributed by atoms with E-state index in [-0.39, 0.29) is 0 Å². The minimum atomic E-state index is -0.682. The standard InChI is InChI=1S/C18H30O.C16H28O2/c1-2-3-4-5-6-7-8-9-10-11-12-13-14-15-16-17-18-19;1-2-3-4-5-6-7-8-9-10-11-12-13-14-15-16(17)18/h3-4,6-7,9-10,18H,2,5,8,11-17H2,1H3;6-7,9-10H,2-5,8,11-15H2,1H3,(H,17,18)/b4-3-,7-6-,10-9-;7-6-,10-9-. The van der Waals surface area contributed by atoms with Gasteiger partial charge in [0.15, 0.2) is 0 Å². The monoisotopic (exact) mass is 514 g/mol. The fourth-order valence-electron chi connectivity index (χ4n) is 3.58. The predicted octanol–water partition coefficient (Wildman–Crippen LogP) is 10.9. The van der Waals surface area contributed by atoms with Crippen LogP contribution in [0.2, 0.25) is 0 Å². The second kappa shape index (κ2) is 36.0. The van der Waals surface area contributed by atoms with Crippen LogP contribution < -0.4 is 0 Å². The van der Waals surface area contributed by atoms with E-state index in [1.807, 2.05) is 0 Å². The molecule has 0 aromatic rings. The number of carbonyl (C=O) groups excluding carboxylic acids is 1. The zero-order valence-electron chi connectivity index (χ0n) is 24.3. The number of allylic oxidation sites excluding steroid dienone is 10. The van der Waals surface area contributed by atoms with Gasteiger partial charge in [-0.3, -0.25) is 4.79 Å². The van der Waals surface area contributed by atoms with Gasteiger partial charge >= 0.3 is 5.97 Å². The molecule has 0 bridgehead atoms. The Balaban J connectivity index is 0. The molecule has 0 aromatic carbocycles. The molecule has 0 saturated heterocycles. The fourth-order valence-corrected chi connectivity index (χ4v) is 3.58. The van der Waals surface area contributed by atoms with E-state index in [0.29, 0.717) is 6.42 Å². The average molecular weight is 515 g/mol. The molecule has 0 amide bonds. The van der Waals surface area contributed by atoms with Crippen molar-refractivity contribution in [1.29, 1.82) is 0 Å². The predicted molar refractivity (Wildman–Crippen MR) is 163 cm³/mol. The number of unbranched alkanes of at least 4 members (excludes halogenated alkanes) is 12. The van der Waals surface area contributed by atoms with Gasteiger partial charge in [0.25, 0.3) is 0 Å². The van der Waals surface area contributed by atoms with E-state index in [1.54, 1.807) is 0 Å². The normalized spacial score (nSPS) is 11.8. The molecule has 37 heavy (non-hydrogen) atoms. The Morgan fingerprint density at radius 2 is 0.919 bits per heavy atom. The third kappa shape index (κ3) is 41.2. The van der Waals surface area contributed by atoms with Gasteiger partial charge in [-0.1, -0.05) is 113 Å². The number of rotatable bonds is 25. The van der Waals surface area contributed by atoms with Crippen molar-refractivity contribution in [2.45, 2.75) is 142 Å². The Hall–Kier alpha value is -2.16. The summed E-state index contributed by atoms with van der Waals surface area (Å²) in [7, 11) is 0. The molecule has 1 N–H and O–H groups in total. The minimum Gasteiger partial charge on any atom is -0.481 e. The molecule has 0 aromatic heterocycles. The number of hydrogen-bond acceptors (Lipinski definition) is 2. The first kappa shape index (κ1) is 37.0. The van der Waals surface area contributed by atoms with E-state index in [0.717, 1.165) is 70.5 Å². The summed E-state index contributed by atoms with van der Waals surface area (Å²) < 4.78 is 0. The van der Waals surface area contributed by atoms with Gasteiger partial charge in [0.05, 0.1) is 0 Å². The smallest absolute Gasteiger partial charge is 0.303 e. The van der Waals surface area contributed by atoms with Gasteiger partial charge in [0.1, 0.15) is 6.29 Å². The van der Waals surface area contributed by atoms with Crippen molar-refractivity contribution in [1.82, 2.24) is 0 Å². The minimum absolute atomic E-state index is 0.310. The van der Waals surface area contributed by atoms with E-state index >= 15 is 0 Å². The Bertz CT molecular complexity index is 611. The van der Waals surface area contributed by atoms with Gasteiger partial charge in [-0.05, 0) is 77.0 Å². The Kier molecular flexibility index (Phi) is 36.0. The Morgan fingerprint density at radius 3 is 1.38 bits per heavy atom. The van der Waals surface area contributed by atoms with Crippen LogP contribution in [0.1, 0.15) is 142 Å². The van der Waals surface area contributed by atoms with E-state index in [9.17, 15) is 9.59 Å². The Morgan fingerprint density at radius 1 is 0.514 bits per heavy atom. The summed E-state index contributed by atoms with van der Waals surface area (Å²) in [5, 5.41) is 8.47. The number of hydrogen-bond donors (Lipinski definition) is 1. The highest BCUT2D eigenvalue weighted by Crippen LogP contribution is 2.07. The van der Waals surface area contributed by atoms with Crippen LogP contribution >= 0.6 is 0 Å². The molecule has 212 valence electrons. The van der Waals surface area contributed by atoms with Crippen LogP contribution in [0.3, 0.4) is 0 Å². The molecule has 3 heteroatoms. The molecular weight excluding hydrogens is 456 g/mol. The SMILES string of the molecule is CC/C=C\C/C=C\C/C=C\CCCCCCCC=O.CCCCC/C=C\C/C=C\CCCCCC(=O)O. The second-order valence-corrected chi connectivity index (χ2v) is 9.47. The van der Waals surface area contributed by atoms with Gasteiger partial charge in [-0.2, -0.15) is 0 Å². The molecule has 0 unspecified atom stereocenters. The highest BCUT2D eigenvalue weighted by atomic mass is 16.4. The highest BCUT2D eigenvalue weighted by molar-refractivity contribution is 5.66. The van der Waals surface area contributed by atoms with Crippen molar-refractivity contribution >= 4 is 12.3 Å². The number of aliphatic carboxylic acids is 1. The van der Waals surface area contributed by atoms with E-state index in [2.05, 4.69) is 74.6 Å². The van der Waals surface area contributed by atoms with Crippen LogP contribution in [-0.4, -0.2) is 17.4 Å². The van der Waals surface area contributed by atoms with Crippen molar-refractivity contribution in [3.8, 4) is 0 Å². The molecule has 0 radical (unpaired) electrons. The lowest BCUT2D eigenvalue weighted by Crippen LogP contribution is -1.93. The number of carbonyl (C=O) groups is 2. The summed E-state index contributed by atoms with van der Waals surface area (Å²) in [6, 6.07) is 0. The van der Waals surface area contributed by atoms with Gasteiger partial charge in [-0.25, -0.2) is 0 Å². The van der Waals surface area contributed by atoms with Crippen molar-refractivity contribution in [3.63, 3.8) is 0 Å². The highest BCUT2D eigenvalue weighted by Gasteiger charge is 1.94. The van der Waals surface area contributed by atoms with Crippen LogP contribution in [0.25, 0.3) is 0 Å². The van der Waals surface area contributed by atoms with Crippen LogP contribution in [0.4, 0.5) is 0 Å². The molecular formula is C34H58O3. The van der Waals surface area contributed by atoms with Gasteiger partial charge in [0, 0.05) is 12.8 Å². The summed E-state index contributed by atoms with van der Waals surface area (Å²) in [6.07, 6.45) is 45.1. The van der Waals surface area contributed by atoms with E-state index in [4.69, 9.17) is 5.11 Å². The molecule has 0 aliphatic heterocycles. The van der Waals surface area contributed by atoms with Crippen molar-refractivity contribution < 1.29 is 14.7 Å². The molecule has 0 fully saturated rings. The fraction of sp³-hybridized carbons (Fsp3) is 0.647. The lowest BCUT2D eigenvalue weighted by atomic mass is 10.1. The Labute approximate surface area is 229 Å². The summed E-state index contributed by atoms with van der Waals surface area (Å²) in [5.74, 6) is -0.682.